The molecule has 0 saturated heterocycles. The molecule has 4 nitrogen and oxygen atoms in total. The highest BCUT2D eigenvalue weighted by atomic mass is 79.9. The fourth-order valence-electron chi connectivity index (χ4n) is 1.42. The van der Waals surface area contributed by atoms with Crippen LogP contribution < -0.4 is 9.88 Å². The van der Waals surface area contributed by atoms with Gasteiger partial charge in [0.05, 0.1) is 13.8 Å². The van der Waals surface area contributed by atoms with Gasteiger partial charge in [0.15, 0.2) is 0 Å². The zero-order chi connectivity index (χ0) is 14.9. The van der Waals surface area contributed by atoms with Gasteiger partial charge >= 0.3 is 0 Å². The van der Waals surface area contributed by atoms with Crippen LogP contribution in [0.3, 0.4) is 0 Å². The third-order valence-corrected chi connectivity index (χ3v) is 4.50. The Morgan fingerprint density at radius 2 is 1.55 bits per heavy atom. The van der Waals surface area contributed by atoms with Gasteiger partial charge in [-0.1, -0.05) is 0 Å². The van der Waals surface area contributed by atoms with Crippen LogP contribution in [-0.4, -0.2) is 8.42 Å². The Balaban J connectivity index is 2.35. The predicted octanol–water partition coefficient (Wildman–Crippen LogP) is 3.79. The quantitative estimate of drug-likeness (QED) is 0.814. The Labute approximate surface area is 132 Å². The summed E-state index contributed by atoms with van der Waals surface area (Å²) in [5.74, 6) is 0.382. The molecule has 106 valence electrons. The molecule has 0 heterocycles. The van der Waals surface area contributed by atoms with Crippen molar-refractivity contribution in [3.63, 3.8) is 0 Å². The average Bonchev–Trinajstić information content (AvgIpc) is 2.33. The van der Waals surface area contributed by atoms with E-state index < -0.39 is 15.8 Å². The first-order valence-corrected chi connectivity index (χ1v) is 8.36. The summed E-state index contributed by atoms with van der Waals surface area (Å²) in [6.07, 6.45) is 0. The summed E-state index contributed by atoms with van der Waals surface area (Å²) < 4.78 is 41.8. The number of rotatable bonds is 3. The Kier molecular flexibility index (Phi) is 4.48. The Hall–Kier alpha value is -0.960. The maximum atomic E-state index is 13.0. The lowest BCUT2D eigenvalue weighted by atomic mass is 10.3. The minimum atomic E-state index is -3.77. The van der Waals surface area contributed by atoms with E-state index >= 15 is 0 Å². The van der Waals surface area contributed by atoms with Crippen LogP contribution in [0.25, 0.3) is 0 Å². The van der Waals surface area contributed by atoms with Crippen molar-refractivity contribution in [3.05, 3.63) is 51.2 Å². The molecule has 0 aliphatic rings. The number of sulfonamides is 1. The molecule has 0 unspecified atom stereocenters. The maximum absolute atomic E-state index is 13.0. The molecule has 2 aromatic carbocycles. The van der Waals surface area contributed by atoms with Gasteiger partial charge in [0, 0.05) is 0 Å². The molecular formula is C12H8Br2FNO3S. The van der Waals surface area contributed by atoms with Gasteiger partial charge in [-0.2, -0.15) is 0 Å². The van der Waals surface area contributed by atoms with Crippen LogP contribution in [-0.2, 0) is 10.0 Å². The Morgan fingerprint density at radius 3 is 2.05 bits per heavy atom. The summed E-state index contributed by atoms with van der Waals surface area (Å²) in [4.78, 5) is -0.0325. The average molecular weight is 425 g/mol. The molecule has 0 aliphatic carbocycles. The second-order valence-electron chi connectivity index (χ2n) is 3.81. The van der Waals surface area contributed by atoms with Crippen molar-refractivity contribution < 1.29 is 17.5 Å². The van der Waals surface area contributed by atoms with Crippen molar-refractivity contribution in [2.45, 2.75) is 4.90 Å². The maximum Gasteiger partial charge on any atom is 0.238 e. The molecule has 8 heteroatoms. The Morgan fingerprint density at radius 1 is 1.00 bits per heavy atom. The van der Waals surface area contributed by atoms with Gasteiger partial charge in [-0.25, -0.2) is 17.9 Å². The number of primary sulfonamides is 1. The number of ether oxygens (including phenoxy) is 1. The summed E-state index contributed by atoms with van der Waals surface area (Å²) >= 11 is 6.38. The number of hydrogen-bond acceptors (Lipinski definition) is 3. The van der Waals surface area contributed by atoms with Gasteiger partial charge in [-0.3, -0.25) is 0 Å². The first kappa shape index (κ1) is 15.4. The molecular weight excluding hydrogens is 417 g/mol. The molecule has 2 N–H and O–H groups in total. The zero-order valence-electron chi connectivity index (χ0n) is 9.81. The molecule has 0 aliphatic heterocycles. The molecule has 0 radical (unpaired) electrons. The van der Waals surface area contributed by atoms with Crippen molar-refractivity contribution in [3.8, 4) is 11.5 Å². The van der Waals surface area contributed by atoms with E-state index in [1.807, 2.05) is 0 Å². The van der Waals surface area contributed by atoms with Gasteiger partial charge in [0.25, 0.3) is 0 Å². The van der Waals surface area contributed by atoms with E-state index in [9.17, 15) is 12.8 Å². The summed E-state index contributed by atoms with van der Waals surface area (Å²) in [7, 11) is -3.77. The monoisotopic (exact) mass is 423 g/mol. The van der Waals surface area contributed by atoms with Crippen LogP contribution in [0.5, 0.6) is 11.5 Å². The van der Waals surface area contributed by atoms with Crippen LogP contribution >= 0.6 is 31.9 Å². The SMILES string of the molecule is NS(=O)(=O)c1ccc(Oc2ccc(F)cc2Br)c(Br)c1. The van der Waals surface area contributed by atoms with Gasteiger partial charge in [0.1, 0.15) is 17.3 Å². The van der Waals surface area contributed by atoms with E-state index in [1.165, 1.54) is 36.4 Å². The second-order valence-corrected chi connectivity index (χ2v) is 7.08. The fourth-order valence-corrected chi connectivity index (χ4v) is 3.00. The molecule has 0 amide bonds. The van der Waals surface area contributed by atoms with E-state index in [0.717, 1.165) is 0 Å². The smallest absolute Gasteiger partial charge is 0.238 e. The molecule has 2 rings (SSSR count). The van der Waals surface area contributed by atoms with Gasteiger partial charge in [0.2, 0.25) is 10.0 Å². The lowest BCUT2D eigenvalue weighted by Gasteiger charge is -2.10. The number of nitrogens with two attached hydrogens (primary N) is 1. The number of hydrogen-bond donors (Lipinski definition) is 1. The van der Waals surface area contributed by atoms with E-state index in [-0.39, 0.29) is 4.90 Å². The second kappa shape index (κ2) is 5.80. The van der Waals surface area contributed by atoms with Crippen molar-refractivity contribution in [1.29, 1.82) is 0 Å². The van der Waals surface area contributed by atoms with Crippen molar-refractivity contribution in [2.24, 2.45) is 5.14 Å². The van der Waals surface area contributed by atoms with Gasteiger partial charge < -0.3 is 4.74 Å². The highest BCUT2D eigenvalue weighted by Gasteiger charge is 2.12. The molecule has 0 fully saturated rings. The summed E-state index contributed by atoms with van der Waals surface area (Å²) in [5.41, 5.74) is 0. The molecule has 2 aromatic rings. The normalized spacial score (nSPS) is 11.4. The number of benzene rings is 2. The molecule has 0 bridgehead atoms. The zero-order valence-corrected chi connectivity index (χ0v) is 13.8. The molecule has 0 saturated carbocycles. The van der Waals surface area contributed by atoms with Crippen molar-refractivity contribution in [2.75, 3.05) is 0 Å². The lowest BCUT2D eigenvalue weighted by molar-refractivity contribution is 0.474. The first-order valence-electron chi connectivity index (χ1n) is 5.22. The molecule has 0 aromatic heterocycles. The van der Waals surface area contributed by atoms with Crippen molar-refractivity contribution >= 4 is 41.9 Å². The highest BCUT2D eigenvalue weighted by Crippen LogP contribution is 2.35. The van der Waals surface area contributed by atoms with E-state index in [4.69, 9.17) is 9.88 Å². The van der Waals surface area contributed by atoms with Crippen molar-refractivity contribution in [1.82, 2.24) is 0 Å². The summed E-state index contributed by atoms with van der Waals surface area (Å²) in [6.45, 7) is 0. The van der Waals surface area contributed by atoms with Crippen LogP contribution in [0.15, 0.2) is 50.2 Å². The summed E-state index contributed by atoms with van der Waals surface area (Å²) in [6, 6.07) is 8.10. The summed E-state index contributed by atoms with van der Waals surface area (Å²) in [5, 5.41) is 5.03. The van der Waals surface area contributed by atoms with Gasteiger partial charge in [-0.05, 0) is 68.3 Å². The third-order valence-electron chi connectivity index (χ3n) is 2.35. The van der Waals surface area contributed by atoms with E-state index in [1.54, 1.807) is 0 Å². The highest BCUT2D eigenvalue weighted by molar-refractivity contribution is 9.11. The molecule has 0 spiro atoms. The first-order chi connectivity index (χ1) is 9.27. The van der Waals surface area contributed by atoms with Crippen LogP contribution in [0.4, 0.5) is 4.39 Å². The minimum Gasteiger partial charge on any atom is -0.455 e. The molecule has 20 heavy (non-hydrogen) atoms. The van der Waals surface area contributed by atoms with E-state index in [2.05, 4.69) is 31.9 Å². The standard InChI is InChI=1S/C12H8Br2FNO3S/c13-9-5-7(15)1-3-11(9)19-12-4-2-8(6-10(12)14)20(16,17)18/h1-6H,(H2,16,17,18). The van der Waals surface area contributed by atoms with Crippen LogP contribution in [0, 0.1) is 5.82 Å². The van der Waals surface area contributed by atoms with Crippen LogP contribution in [0.2, 0.25) is 0 Å². The largest absolute Gasteiger partial charge is 0.455 e. The minimum absolute atomic E-state index is 0.0325. The molecule has 0 atom stereocenters. The number of halogens is 3. The fraction of sp³-hybridized carbons (Fsp3) is 0. The third kappa shape index (κ3) is 3.57. The van der Waals surface area contributed by atoms with Gasteiger partial charge in [-0.15, -0.1) is 0 Å². The lowest BCUT2D eigenvalue weighted by Crippen LogP contribution is -2.11. The van der Waals surface area contributed by atoms with E-state index in [0.29, 0.717) is 20.4 Å². The van der Waals surface area contributed by atoms with Crippen LogP contribution in [0.1, 0.15) is 0 Å². The predicted molar refractivity (Wildman–Crippen MR) is 79.7 cm³/mol. The topological polar surface area (TPSA) is 69.4 Å². The Bertz CT molecular complexity index is 765.